The van der Waals surface area contributed by atoms with Crippen molar-refractivity contribution in [3.8, 4) is 0 Å². The van der Waals surface area contributed by atoms with Gasteiger partial charge in [0.15, 0.2) is 0 Å². The summed E-state index contributed by atoms with van der Waals surface area (Å²) in [5.74, 6) is -0.340. The van der Waals surface area contributed by atoms with Crippen LogP contribution in [-0.2, 0) is 6.42 Å². The molecule has 2 heterocycles. The molecule has 0 unspecified atom stereocenters. The number of nitrogens with zero attached hydrogens (tertiary/aromatic N) is 2. The van der Waals surface area contributed by atoms with Gasteiger partial charge < -0.3 is 5.32 Å². The summed E-state index contributed by atoms with van der Waals surface area (Å²) in [6, 6.07) is 6.53. The van der Waals surface area contributed by atoms with E-state index in [1.54, 1.807) is 18.3 Å². The van der Waals surface area contributed by atoms with Gasteiger partial charge in [0.25, 0.3) is 5.91 Å². The molecule has 0 atom stereocenters. The summed E-state index contributed by atoms with van der Waals surface area (Å²) in [4.78, 5) is 16.5. The molecule has 0 aliphatic rings. The summed E-state index contributed by atoms with van der Waals surface area (Å²) >= 11 is 0. The molecule has 2 aromatic rings. The van der Waals surface area contributed by atoms with Crippen molar-refractivity contribution < 1.29 is 9.18 Å². The number of carbonyl (C=O) groups is 1. The highest BCUT2D eigenvalue weighted by Gasteiger charge is 2.07. The average Bonchev–Trinajstić information content (AvgIpc) is 2.69. The molecule has 6 nitrogen and oxygen atoms in total. The Labute approximate surface area is 156 Å². The molecular weight excluding hydrogens is 345 g/mol. The van der Waals surface area contributed by atoms with Crippen molar-refractivity contribution in [2.75, 3.05) is 5.32 Å². The van der Waals surface area contributed by atoms with Crippen LogP contribution in [0.3, 0.4) is 0 Å². The number of carbonyl (C=O) groups excluding carboxylic acids is 1. The molecule has 0 fully saturated rings. The molecular formula is C20H20FN5O. The Morgan fingerprint density at radius 3 is 2.81 bits per heavy atom. The van der Waals surface area contributed by atoms with Gasteiger partial charge in [-0.1, -0.05) is 24.8 Å². The fourth-order valence-corrected chi connectivity index (χ4v) is 2.17. The van der Waals surface area contributed by atoms with E-state index in [-0.39, 0.29) is 17.2 Å². The van der Waals surface area contributed by atoms with Crippen molar-refractivity contribution in [1.82, 2.24) is 9.55 Å². The van der Waals surface area contributed by atoms with Gasteiger partial charge in [0.2, 0.25) is 0 Å². The van der Waals surface area contributed by atoms with Crippen molar-refractivity contribution in [3.05, 3.63) is 90.0 Å². The van der Waals surface area contributed by atoms with Crippen molar-refractivity contribution in [2.24, 2.45) is 0 Å². The van der Waals surface area contributed by atoms with E-state index in [0.717, 1.165) is 30.8 Å². The largest absolute Gasteiger partial charge is 0.307 e. The van der Waals surface area contributed by atoms with E-state index in [1.165, 1.54) is 29.0 Å². The second-order valence-electron chi connectivity index (χ2n) is 5.57. The number of hydrogen-bond donors (Lipinski definition) is 3. The van der Waals surface area contributed by atoms with E-state index in [0.29, 0.717) is 11.4 Å². The third kappa shape index (κ3) is 6.00. The highest BCUT2D eigenvalue weighted by atomic mass is 19.1. The predicted molar refractivity (Wildman–Crippen MR) is 104 cm³/mol. The lowest BCUT2D eigenvalue weighted by Crippen LogP contribution is -2.21. The Hall–Kier alpha value is -3.61. The van der Waals surface area contributed by atoms with Gasteiger partial charge in [0.1, 0.15) is 17.1 Å². The van der Waals surface area contributed by atoms with E-state index in [4.69, 9.17) is 10.8 Å². The Balaban J connectivity index is 1.93. The zero-order valence-corrected chi connectivity index (χ0v) is 14.7. The third-order valence-corrected chi connectivity index (χ3v) is 3.63. The molecule has 0 bridgehead atoms. The highest BCUT2D eigenvalue weighted by Crippen LogP contribution is 2.09. The first kappa shape index (κ1) is 19.7. The van der Waals surface area contributed by atoms with Crippen molar-refractivity contribution in [2.45, 2.75) is 12.8 Å². The Bertz CT molecular complexity index is 942. The van der Waals surface area contributed by atoms with Gasteiger partial charge >= 0.3 is 0 Å². The minimum atomic E-state index is -0.378. The molecule has 3 N–H and O–H groups in total. The fourth-order valence-electron chi connectivity index (χ4n) is 2.17. The van der Waals surface area contributed by atoms with Crippen LogP contribution in [0.4, 0.5) is 10.2 Å². The van der Waals surface area contributed by atoms with Crippen LogP contribution in [0.5, 0.6) is 0 Å². The Morgan fingerprint density at radius 2 is 2.15 bits per heavy atom. The molecule has 0 saturated carbocycles. The topological polar surface area (TPSA) is 94.6 Å². The summed E-state index contributed by atoms with van der Waals surface area (Å²) in [6.45, 7) is 3.33. The van der Waals surface area contributed by atoms with Crippen LogP contribution in [0, 0.1) is 10.8 Å². The van der Waals surface area contributed by atoms with Gasteiger partial charge in [-0.3, -0.25) is 20.2 Å². The first-order chi connectivity index (χ1) is 13.0. The minimum absolute atomic E-state index is 0.112. The molecule has 2 aromatic heterocycles. The minimum Gasteiger partial charge on any atom is -0.307 e. The summed E-state index contributed by atoms with van der Waals surface area (Å²) in [5.41, 5.74) is 1.43. The molecule has 1 amide bonds. The SMILES string of the molecule is C=C/C(F)=C\C=C/CCc1ccc(NC(=O)c2ccc(=N)n(C=N)c2)nc1. The molecule has 138 valence electrons. The molecule has 0 spiro atoms. The number of rotatable bonds is 8. The van der Waals surface area contributed by atoms with Gasteiger partial charge in [-0.05, 0) is 48.8 Å². The fraction of sp³-hybridized carbons (Fsp3) is 0.100. The Morgan fingerprint density at radius 1 is 1.33 bits per heavy atom. The molecule has 0 aliphatic heterocycles. The lowest BCUT2D eigenvalue weighted by molar-refractivity contribution is 0.102. The second-order valence-corrected chi connectivity index (χ2v) is 5.57. The van der Waals surface area contributed by atoms with Gasteiger partial charge in [0, 0.05) is 12.4 Å². The number of aryl methyl sites for hydroxylation is 1. The lowest BCUT2D eigenvalue weighted by atomic mass is 10.1. The molecule has 2 rings (SSSR count). The maximum atomic E-state index is 12.8. The van der Waals surface area contributed by atoms with Crippen LogP contribution in [0.15, 0.2) is 73.4 Å². The number of allylic oxidation sites excluding steroid dienone is 5. The highest BCUT2D eigenvalue weighted by molar-refractivity contribution is 6.03. The maximum Gasteiger partial charge on any atom is 0.258 e. The quantitative estimate of drug-likeness (QED) is 0.379. The summed E-state index contributed by atoms with van der Waals surface area (Å²) in [5, 5.41) is 17.5. The van der Waals surface area contributed by atoms with Crippen LogP contribution in [0.1, 0.15) is 22.3 Å². The molecule has 0 saturated heterocycles. The van der Waals surface area contributed by atoms with Crippen LogP contribution < -0.4 is 10.8 Å². The zero-order valence-electron chi connectivity index (χ0n) is 14.7. The summed E-state index contributed by atoms with van der Waals surface area (Å²) in [6.07, 6.45) is 11.5. The first-order valence-corrected chi connectivity index (χ1v) is 8.22. The van der Waals surface area contributed by atoms with E-state index < -0.39 is 0 Å². The first-order valence-electron chi connectivity index (χ1n) is 8.22. The molecule has 0 aliphatic carbocycles. The number of aromatic nitrogens is 2. The monoisotopic (exact) mass is 365 g/mol. The van der Waals surface area contributed by atoms with E-state index in [9.17, 15) is 9.18 Å². The third-order valence-electron chi connectivity index (χ3n) is 3.63. The van der Waals surface area contributed by atoms with Gasteiger partial charge in [-0.2, -0.15) is 0 Å². The Kier molecular flexibility index (Phi) is 7.13. The number of nitrogens with one attached hydrogen (secondary N) is 3. The standard InChI is InChI=1S/C20H20FN5O/c1-2-17(21)7-5-3-4-6-15-8-11-19(24-12-15)25-20(27)16-9-10-18(23)26(13-16)14-22/h2-3,5,7-14,22-23H,1,4,6H2,(H,24,25,27)/b5-3-,17-7+,22-14?,23-18?. The summed E-state index contributed by atoms with van der Waals surface area (Å²) < 4.78 is 14.1. The van der Waals surface area contributed by atoms with E-state index >= 15 is 0 Å². The van der Waals surface area contributed by atoms with Gasteiger partial charge in [0.05, 0.1) is 11.9 Å². The van der Waals surface area contributed by atoms with E-state index in [1.807, 2.05) is 12.1 Å². The van der Waals surface area contributed by atoms with Crippen LogP contribution in [0.2, 0.25) is 0 Å². The number of pyridine rings is 2. The lowest BCUT2D eigenvalue weighted by Gasteiger charge is -2.07. The van der Waals surface area contributed by atoms with Crippen molar-refractivity contribution in [3.63, 3.8) is 0 Å². The number of halogens is 1. The average molecular weight is 365 g/mol. The van der Waals surface area contributed by atoms with Crippen LogP contribution in [-0.4, -0.2) is 21.8 Å². The summed E-state index contributed by atoms with van der Waals surface area (Å²) in [7, 11) is 0. The predicted octanol–water partition coefficient (Wildman–Crippen LogP) is 3.60. The number of anilines is 1. The van der Waals surface area contributed by atoms with Crippen molar-refractivity contribution >= 4 is 18.1 Å². The second kappa shape index (κ2) is 9.76. The van der Waals surface area contributed by atoms with E-state index in [2.05, 4.69) is 16.9 Å². The van der Waals surface area contributed by atoms with Gasteiger partial charge in [-0.25, -0.2) is 9.37 Å². The number of hydrogen-bond acceptors (Lipinski definition) is 4. The van der Waals surface area contributed by atoms with Crippen molar-refractivity contribution in [1.29, 1.82) is 10.8 Å². The zero-order chi connectivity index (χ0) is 19.6. The molecule has 7 heteroatoms. The number of amides is 1. The smallest absolute Gasteiger partial charge is 0.258 e. The maximum absolute atomic E-state index is 12.8. The van der Waals surface area contributed by atoms with Crippen LogP contribution >= 0.6 is 0 Å². The normalized spacial score (nSPS) is 11.4. The molecule has 0 radical (unpaired) electrons. The van der Waals surface area contributed by atoms with Gasteiger partial charge in [-0.15, -0.1) is 0 Å². The molecule has 0 aromatic carbocycles. The van der Waals surface area contributed by atoms with Crippen LogP contribution in [0.25, 0.3) is 0 Å². The molecule has 27 heavy (non-hydrogen) atoms.